The van der Waals surface area contributed by atoms with E-state index in [2.05, 4.69) is 20.6 Å². The van der Waals surface area contributed by atoms with Gasteiger partial charge in [-0.25, -0.2) is 9.37 Å². The molecule has 0 unspecified atom stereocenters. The number of hydrogen-bond donors (Lipinski definition) is 2. The molecule has 0 aliphatic heterocycles. The van der Waals surface area contributed by atoms with Crippen molar-refractivity contribution in [1.82, 2.24) is 15.6 Å². The van der Waals surface area contributed by atoms with Crippen LogP contribution in [0.1, 0.15) is 15.4 Å². The smallest absolute Gasteiger partial charge is 0.191 e. The van der Waals surface area contributed by atoms with Crippen LogP contribution in [0.5, 0.6) is 0 Å². The van der Waals surface area contributed by atoms with Gasteiger partial charge in [0.2, 0.25) is 0 Å². The molecule has 4 nitrogen and oxygen atoms in total. The molecule has 0 aliphatic carbocycles. The number of aromatic nitrogens is 1. The van der Waals surface area contributed by atoms with Crippen LogP contribution in [0.3, 0.4) is 0 Å². The zero-order valence-electron chi connectivity index (χ0n) is 12.2. The Morgan fingerprint density at radius 3 is 2.81 bits per heavy atom. The molecule has 1 heterocycles. The van der Waals surface area contributed by atoms with Crippen molar-refractivity contribution >= 4 is 17.3 Å². The number of nitrogens with zero attached hydrogens (tertiary/aromatic N) is 2. The lowest BCUT2D eigenvalue weighted by Crippen LogP contribution is -2.38. The number of hydrogen-bond acceptors (Lipinski definition) is 3. The molecule has 112 valence electrons. The van der Waals surface area contributed by atoms with Crippen LogP contribution in [-0.4, -0.2) is 24.5 Å². The number of benzene rings is 1. The van der Waals surface area contributed by atoms with Gasteiger partial charge in [0, 0.05) is 43.2 Å². The first-order valence-corrected chi connectivity index (χ1v) is 7.60. The van der Waals surface area contributed by atoms with E-state index in [4.69, 9.17) is 0 Å². The van der Waals surface area contributed by atoms with E-state index >= 15 is 0 Å². The Morgan fingerprint density at radius 1 is 1.33 bits per heavy atom. The molecule has 0 amide bonds. The molecule has 0 aliphatic rings. The summed E-state index contributed by atoms with van der Waals surface area (Å²) >= 11 is 1.70. The molecule has 0 spiro atoms. The lowest BCUT2D eigenvalue weighted by atomic mass is 10.2. The van der Waals surface area contributed by atoms with Gasteiger partial charge in [0.15, 0.2) is 5.96 Å². The lowest BCUT2D eigenvalue weighted by molar-refractivity contribution is 0.604. The highest BCUT2D eigenvalue weighted by Gasteiger charge is 2.03. The molecule has 2 rings (SSSR count). The van der Waals surface area contributed by atoms with Crippen molar-refractivity contribution in [1.29, 1.82) is 0 Å². The maximum Gasteiger partial charge on any atom is 0.191 e. The summed E-state index contributed by atoms with van der Waals surface area (Å²) < 4.78 is 13.5. The average Bonchev–Trinajstić information content (AvgIpc) is 2.90. The van der Waals surface area contributed by atoms with E-state index in [1.54, 1.807) is 30.5 Å². The molecule has 0 atom stereocenters. The Labute approximate surface area is 128 Å². The standard InChI is InChI=1S/C15H19FN4S/c1-11-9-19-14(21-11)7-8-18-15(17-2)20-10-12-5-3-4-6-13(12)16/h3-6,9H,7-8,10H2,1-2H3,(H2,17,18,20). The molecule has 0 bridgehead atoms. The predicted octanol–water partition coefficient (Wildman–Crippen LogP) is 2.50. The molecule has 1 aromatic heterocycles. The third kappa shape index (κ3) is 4.82. The second kappa shape index (κ2) is 7.73. The van der Waals surface area contributed by atoms with Gasteiger partial charge in [0.05, 0.1) is 5.01 Å². The third-order valence-electron chi connectivity index (χ3n) is 2.93. The Bertz CT molecular complexity index is 609. The van der Waals surface area contributed by atoms with Crippen LogP contribution in [0.2, 0.25) is 0 Å². The summed E-state index contributed by atoms with van der Waals surface area (Å²) in [6.07, 6.45) is 2.73. The average molecular weight is 306 g/mol. The molecule has 2 N–H and O–H groups in total. The Hall–Kier alpha value is -1.95. The van der Waals surface area contributed by atoms with Gasteiger partial charge in [-0.1, -0.05) is 18.2 Å². The Kier molecular flexibility index (Phi) is 5.68. The van der Waals surface area contributed by atoms with Crippen molar-refractivity contribution in [2.24, 2.45) is 4.99 Å². The van der Waals surface area contributed by atoms with E-state index in [0.717, 1.165) is 18.0 Å². The van der Waals surface area contributed by atoms with Crippen LogP contribution in [-0.2, 0) is 13.0 Å². The zero-order chi connectivity index (χ0) is 15.1. The molecule has 21 heavy (non-hydrogen) atoms. The minimum absolute atomic E-state index is 0.210. The van der Waals surface area contributed by atoms with Gasteiger partial charge in [-0.15, -0.1) is 11.3 Å². The SMILES string of the molecule is CN=C(NCCc1ncc(C)s1)NCc1ccccc1F. The van der Waals surface area contributed by atoms with Crippen molar-refractivity contribution < 1.29 is 4.39 Å². The fourth-order valence-corrected chi connectivity index (χ4v) is 2.63. The second-order valence-electron chi connectivity index (χ2n) is 4.56. The molecule has 0 radical (unpaired) electrons. The van der Waals surface area contributed by atoms with Crippen LogP contribution >= 0.6 is 11.3 Å². The highest BCUT2D eigenvalue weighted by Crippen LogP contribution is 2.10. The molecule has 2 aromatic rings. The minimum Gasteiger partial charge on any atom is -0.356 e. The number of aliphatic imine (C=N–C) groups is 1. The maximum atomic E-state index is 13.5. The molecule has 0 saturated carbocycles. The molecule has 0 saturated heterocycles. The number of aryl methyl sites for hydroxylation is 1. The normalized spacial score (nSPS) is 11.5. The van der Waals surface area contributed by atoms with Gasteiger partial charge in [-0.3, -0.25) is 4.99 Å². The predicted molar refractivity (Wildman–Crippen MR) is 85.2 cm³/mol. The number of thiazole rings is 1. The fraction of sp³-hybridized carbons (Fsp3) is 0.333. The highest BCUT2D eigenvalue weighted by molar-refractivity contribution is 7.11. The van der Waals surface area contributed by atoms with Crippen molar-refractivity contribution in [2.45, 2.75) is 19.9 Å². The zero-order valence-corrected chi connectivity index (χ0v) is 13.0. The fourth-order valence-electron chi connectivity index (χ4n) is 1.85. The van der Waals surface area contributed by atoms with Crippen LogP contribution in [0.15, 0.2) is 35.5 Å². The number of halogens is 1. The van der Waals surface area contributed by atoms with E-state index in [1.807, 2.05) is 19.2 Å². The number of guanidine groups is 1. The Morgan fingerprint density at radius 2 is 2.14 bits per heavy atom. The van der Waals surface area contributed by atoms with Gasteiger partial charge >= 0.3 is 0 Å². The van der Waals surface area contributed by atoms with Crippen molar-refractivity contribution in [3.63, 3.8) is 0 Å². The topological polar surface area (TPSA) is 49.3 Å². The van der Waals surface area contributed by atoms with Crippen LogP contribution in [0, 0.1) is 12.7 Å². The lowest BCUT2D eigenvalue weighted by Gasteiger charge is -2.11. The quantitative estimate of drug-likeness (QED) is 0.659. The third-order valence-corrected chi connectivity index (χ3v) is 3.90. The first-order chi connectivity index (χ1) is 10.2. The van der Waals surface area contributed by atoms with Gasteiger partial charge in [0.1, 0.15) is 5.82 Å². The highest BCUT2D eigenvalue weighted by atomic mass is 32.1. The summed E-state index contributed by atoms with van der Waals surface area (Å²) in [4.78, 5) is 9.65. The van der Waals surface area contributed by atoms with E-state index < -0.39 is 0 Å². The molecule has 1 aromatic carbocycles. The first-order valence-electron chi connectivity index (χ1n) is 6.78. The van der Waals surface area contributed by atoms with Crippen LogP contribution < -0.4 is 10.6 Å². The van der Waals surface area contributed by atoms with Crippen molar-refractivity contribution in [3.05, 3.63) is 51.7 Å². The summed E-state index contributed by atoms with van der Waals surface area (Å²) in [5, 5.41) is 7.40. The summed E-state index contributed by atoms with van der Waals surface area (Å²) in [6, 6.07) is 6.72. The number of nitrogens with one attached hydrogen (secondary N) is 2. The minimum atomic E-state index is -0.210. The Balaban J connectivity index is 1.77. The summed E-state index contributed by atoms with van der Waals surface area (Å²) in [5.41, 5.74) is 0.621. The second-order valence-corrected chi connectivity index (χ2v) is 5.88. The van der Waals surface area contributed by atoms with E-state index in [-0.39, 0.29) is 5.82 Å². The van der Waals surface area contributed by atoms with Crippen LogP contribution in [0.4, 0.5) is 4.39 Å². The van der Waals surface area contributed by atoms with Gasteiger partial charge in [-0.05, 0) is 13.0 Å². The molecular weight excluding hydrogens is 287 g/mol. The van der Waals surface area contributed by atoms with E-state index in [1.165, 1.54) is 10.9 Å². The molecule has 6 heteroatoms. The first kappa shape index (κ1) is 15.4. The molecule has 0 fully saturated rings. The van der Waals surface area contributed by atoms with Gasteiger partial charge < -0.3 is 10.6 Å². The van der Waals surface area contributed by atoms with Crippen LogP contribution in [0.25, 0.3) is 0 Å². The summed E-state index contributed by atoms with van der Waals surface area (Å²) in [6.45, 7) is 3.19. The van der Waals surface area contributed by atoms with E-state index in [9.17, 15) is 4.39 Å². The maximum absolute atomic E-state index is 13.5. The van der Waals surface area contributed by atoms with Crippen molar-refractivity contribution in [2.75, 3.05) is 13.6 Å². The van der Waals surface area contributed by atoms with Gasteiger partial charge in [0.25, 0.3) is 0 Å². The monoisotopic (exact) mass is 306 g/mol. The largest absolute Gasteiger partial charge is 0.356 e. The molecular formula is C15H19FN4S. The summed E-state index contributed by atoms with van der Waals surface area (Å²) in [7, 11) is 1.70. The summed E-state index contributed by atoms with van der Waals surface area (Å²) in [5.74, 6) is 0.449. The number of rotatable bonds is 5. The van der Waals surface area contributed by atoms with E-state index in [0.29, 0.717) is 18.1 Å². The van der Waals surface area contributed by atoms with Crippen molar-refractivity contribution in [3.8, 4) is 0 Å². The van der Waals surface area contributed by atoms with Gasteiger partial charge in [-0.2, -0.15) is 0 Å².